The lowest BCUT2D eigenvalue weighted by Gasteiger charge is -2.43. The second-order valence-electron chi connectivity index (χ2n) is 9.22. The molecule has 138 valence electrons. The SMILES string of the molecule is C[SH](CNCC1(F)CCC1)CC1CC(F)(CNCC(C)(C)C)C1. The lowest BCUT2D eigenvalue weighted by molar-refractivity contribution is 0.0168. The minimum absolute atomic E-state index is 0.146. The maximum atomic E-state index is 14.5. The Hall–Kier alpha value is 0.130. The number of hydrogen-bond donors (Lipinski definition) is 3. The molecule has 0 heterocycles. The van der Waals surface area contributed by atoms with Gasteiger partial charge in [-0.25, -0.2) is 19.7 Å². The summed E-state index contributed by atoms with van der Waals surface area (Å²) in [4.78, 5) is 0. The van der Waals surface area contributed by atoms with Crippen molar-refractivity contribution < 1.29 is 8.78 Å². The van der Waals surface area contributed by atoms with Gasteiger partial charge in [0.05, 0.1) is 0 Å². The average molecular weight is 351 g/mol. The van der Waals surface area contributed by atoms with Crippen molar-refractivity contribution >= 4 is 10.9 Å². The smallest absolute Gasteiger partial charge is 0.124 e. The zero-order valence-electron chi connectivity index (χ0n) is 15.4. The van der Waals surface area contributed by atoms with E-state index >= 15 is 0 Å². The molecule has 0 spiro atoms. The van der Waals surface area contributed by atoms with Crippen LogP contribution in [0.3, 0.4) is 0 Å². The van der Waals surface area contributed by atoms with Crippen LogP contribution in [0.4, 0.5) is 8.78 Å². The Morgan fingerprint density at radius 1 is 1.04 bits per heavy atom. The van der Waals surface area contributed by atoms with Gasteiger partial charge in [0.2, 0.25) is 0 Å². The van der Waals surface area contributed by atoms with Gasteiger partial charge >= 0.3 is 0 Å². The van der Waals surface area contributed by atoms with Crippen LogP contribution < -0.4 is 10.6 Å². The summed E-state index contributed by atoms with van der Waals surface area (Å²) < 4.78 is 28.4. The Morgan fingerprint density at radius 2 is 1.65 bits per heavy atom. The zero-order chi connectivity index (χ0) is 17.1. The molecule has 1 atom stereocenters. The lowest BCUT2D eigenvalue weighted by Crippen LogP contribution is -2.50. The van der Waals surface area contributed by atoms with Gasteiger partial charge in [-0.3, -0.25) is 0 Å². The standard InChI is InChI=1S/C18H36F2N2S/c1-16(2,3)11-21-13-18(20)8-15(9-18)10-23(4)14-22-12-17(19)6-5-7-17/h15,21-23H,5-14H2,1-4H3. The molecular formula is C18H36F2N2S. The molecular weight excluding hydrogens is 314 g/mol. The van der Waals surface area contributed by atoms with Gasteiger partial charge in [-0.05, 0) is 55.4 Å². The molecule has 2 aliphatic rings. The molecule has 2 N–H and O–H groups in total. The van der Waals surface area contributed by atoms with Crippen LogP contribution >= 0.6 is 10.9 Å². The maximum absolute atomic E-state index is 14.5. The number of thiol groups is 1. The topological polar surface area (TPSA) is 24.1 Å². The second kappa shape index (κ2) is 7.57. The molecule has 0 aromatic rings. The summed E-state index contributed by atoms with van der Waals surface area (Å²) in [6.07, 6.45) is 6.12. The number of nitrogens with one attached hydrogen (secondary N) is 2. The minimum atomic E-state index is -0.992. The van der Waals surface area contributed by atoms with Crippen LogP contribution in [-0.4, -0.2) is 48.9 Å². The van der Waals surface area contributed by atoms with E-state index in [1.807, 2.05) is 0 Å². The molecule has 2 rings (SSSR count). The monoisotopic (exact) mass is 350 g/mol. The first-order valence-electron chi connectivity index (χ1n) is 9.07. The molecule has 23 heavy (non-hydrogen) atoms. The van der Waals surface area contributed by atoms with Crippen LogP contribution in [0.1, 0.15) is 52.9 Å². The zero-order valence-corrected chi connectivity index (χ0v) is 16.2. The Kier molecular flexibility index (Phi) is 6.40. The molecule has 2 saturated carbocycles. The second-order valence-corrected chi connectivity index (χ2v) is 11.6. The lowest BCUT2D eigenvalue weighted by atomic mass is 9.73. The van der Waals surface area contributed by atoms with Crippen molar-refractivity contribution in [3.8, 4) is 0 Å². The number of rotatable bonds is 9. The van der Waals surface area contributed by atoms with Crippen molar-refractivity contribution in [2.45, 2.75) is 64.2 Å². The van der Waals surface area contributed by atoms with Crippen molar-refractivity contribution in [1.82, 2.24) is 10.6 Å². The predicted octanol–water partition coefficient (Wildman–Crippen LogP) is 3.81. The summed E-state index contributed by atoms with van der Waals surface area (Å²) in [6, 6.07) is 0. The highest BCUT2D eigenvalue weighted by molar-refractivity contribution is 8.16. The van der Waals surface area contributed by atoms with Gasteiger partial charge in [0.25, 0.3) is 0 Å². The van der Waals surface area contributed by atoms with Gasteiger partial charge in [0, 0.05) is 25.5 Å². The quantitative estimate of drug-likeness (QED) is 0.551. The van der Waals surface area contributed by atoms with E-state index in [9.17, 15) is 8.78 Å². The molecule has 0 aromatic heterocycles. The summed E-state index contributed by atoms with van der Waals surface area (Å²) in [5.41, 5.74) is -1.72. The van der Waals surface area contributed by atoms with Gasteiger partial charge in [-0.2, -0.15) is 0 Å². The van der Waals surface area contributed by atoms with Crippen LogP contribution in [0.5, 0.6) is 0 Å². The molecule has 2 aliphatic carbocycles. The molecule has 0 aliphatic heterocycles. The number of hydrogen-bond acceptors (Lipinski definition) is 2. The van der Waals surface area contributed by atoms with E-state index in [2.05, 4.69) is 37.7 Å². The summed E-state index contributed by atoms with van der Waals surface area (Å²) in [7, 11) is -0.146. The third-order valence-corrected chi connectivity index (χ3v) is 6.95. The highest BCUT2D eigenvalue weighted by Gasteiger charge is 2.44. The molecule has 0 saturated heterocycles. The molecule has 0 bridgehead atoms. The third-order valence-electron chi connectivity index (χ3n) is 5.05. The van der Waals surface area contributed by atoms with Crippen LogP contribution in [0.2, 0.25) is 0 Å². The molecule has 0 aromatic carbocycles. The van der Waals surface area contributed by atoms with E-state index in [0.29, 0.717) is 31.8 Å². The van der Waals surface area contributed by atoms with E-state index in [-0.39, 0.29) is 16.3 Å². The van der Waals surface area contributed by atoms with Crippen molar-refractivity contribution in [3.63, 3.8) is 0 Å². The van der Waals surface area contributed by atoms with E-state index in [4.69, 9.17) is 0 Å². The van der Waals surface area contributed by atoms with Gasteiger partial charge in [-0.15, -0.1) is 0 Å². The highest BCUT2D eigenvalue weighted by Crippen LogP contribution is 2.44. The van der Waals surface area contributed by atoms with Crippen LogP contribution in [0.15, 0.2) is 0 Å². The molecule has 1 unspecified atom stereocenters. The third kappa shape index (κ3) is 6.50. The van der Waals surface area contributed by atoms with Crippen LogP contribution in [0.25, 0.3) is 0 Å². The number of alkyl halides is 2. The first kappa shape index (κ1) is 19.5. The van der Waals surface area contributed by atoms with Crippen molar-refractivity contribution in [2.75, 3.05) is 37.5 Å². The van der Waals surface area contributed by atoms with Crippen molar-refractivity contribution in [2.24, 2.45) is 11.3 Å². The van der Waals surface area contributed by atoms with Gasteiger partial charge in [-0.1, -0.05) is 20.8 Å². The molecule has 2 nitrogen and oxygen atoms in total. The molecule has 0 amide bonds. The first-order valence-corrected chi connectivity index (χ1v) is 11.2. The Bertz CT molecular complexity index is 374. The largest absolute Gasteiger partial charge is 0.313 e. The van der Waals surface area contributed by atoms with Gasteiger partial charge in [0.1, 0.15) is 11.3 Å². The van der Waals surface area contributed by atoms with E-state index in [1.54, 1.807) is 0 Å². The molecule has 2 fully saturated rings. The fraction of sp³-hybridized carbons (Fsp3) is 1.00. The van der Waals surface area contributed by atoms with Crippen molar-refractivity contribution in [3.05, 3.63) is 0 Å². The predicted molar refractivity (Wildman–Crippen MR) is 99.2 cm³/mol. The Labute approximate surface area is 143 Å². The maximum Gasteiger partial charge on any atom is 0.124 e. The van der Waals surface area contributed by atoms with Crippen LogP contribution in [0, 0.1) is 11.3 Å². The van der Waals surface area contributed by atoms with E-state index in [0.717, 1.165) is 37.4 Å². The average Bonchev–Trinajstić information content (AvgIpc) is 2.33. The van der Waals surface area contributed by atoms with Gasteiger partial charge in [0.15, 0.2) is 0 Å². The molecule has 0 radical (unpaired) electrons. The summed E-state index contributed by atoms with van der Waals surface area (Å²) in [6.45, 7) is 8.35. The van der Waals surface area contributed by atoms with Crippen LogP contribution in [-0.2, 0) is 0 Å². The molecule has 5 heteroatoms. The van der Waals surface area contributed by atoms with E-state index < -0.39 is 11.3 Å². The normalized spacial score (nSPS) is 32.1. The van der Waals surface area contributed by atoms with Crippen molar-refractivity contribution in [1.29, 1.82) is 0 Å². The summed E-state index contributed by atoms with van der Waals surface area (Å²) >= 11 is 0. The fourth-order valence-electron chi connectivity index (χ4n) is 3.62. The Morgan fingerprint density at radius 3 is 2.17 bits per heavy atom. The Balaban J connectivity index is 1.54. The first-order chi connectivity index (χ1) is 10.6. The minimum Gasteiger partial charge on any atom is -0.313 e. The summed E-state index contributed by atoms with van der Waals surface area (Å²) in [5, 5.41) is 6.58. The van der Waals surface area contributed by atoms with Gasteiger partial charge < -0.3 is 10.6 Å². The fourth-order valence-corrected chi connectivity index (χ4v) is 5.39. The van der Waals surface area contributed by atoms with E-state index in [1.165, 1.54) is 0 Å². The highest BCUT2D eigenvalue weighted by atomic mass is 32.2. The summed E-state index contributed by atoms with van der Waals surface area (Å²) in [5.74, 6) is 2.56. The number of halogens is 2.